The molecule has 4 rings (SSSR count). The Hall–Kier alpha value is -4.14. The van der Waals surface area contributed by atoms with Crippen molar-refractivity contribution in [1.82, 2.24) is 5.16 Å². The van der Waals surface area contributed by atoms with Gasteiger partial charge in [0.05, 0.1) is 6.61 Å². The molecule has 0 unspecified atom stereocenters. The Bertz CT molecular complexity index is 1150. The van der Waals surface area contributed by atoms with Gasteiger partial charge in [-0.25, -0.2) is 9.79 Å². The van der Waals surface area contributed by atoms with E-state index < -0.39 is 5.97 Å². The molecule has 2 heterocycles. The van der Waals surface area contributed by atoms with Crippen LogP contribution in [0.5, 0.6) is 11.5 Å². The number of hydrogen-bond acceptors (Lipinski definition) is 8. The van der Waals surface area contributed by atoms with Crippen molar-refractivity contribution in [3.8, 4) is 11.5 Å². The first-order chi connectivity index (χ1) is 15.0. The Morgan fingerprint density at radius 1 is 1.13 bits per heavy atom. The summed E-state index contributed by atoms with van der Waals surface area (Å²) in [6.45, 7) is 3.87. The van der Waals surface area contributed by atoms with Crippen molar-refractivity contribution >= 4 is 17.9 Å². The van der Waals surface area contributed by atoms with Gasteiger partial charge in [-0.1, -0.05) is 24.3 Å². The van der Waals surface area contributed by atoms with Crippen LogP contribution in [0.15, 0.2) is 63.8 Å². The molecular weight excluding hydrogens is 402 g/mol. The number of nitrogens with zero attached hydrogens (tertiary/aromatic N) is 3. The maximum Gasteiger partial charge on any atom is 0.363 e. The summed E-state index contributed by atoms with van der Waals surface area (Å²) in [5.41, 5.74) is 2.30. The number of aromatic nitrogens is 2. The molecule has 2 aromatic carbocycles. The predicted octanol–water partition coefficient (Wildman–Crippen LogP) is 2.94. The lowest BCUT2D eigenvalue weighted by atomic mass is 10.1. The van der Waals surface area contributed by atoms with Gasteiger partial charge in [0.25, 0.3) is 0 Å². The average Bonchev–Trinajstić information content (AvgIpc) is 3.30. The molecule has 0 aliphatic carbocycles. The van der Waals surface area contributed by atoms with Crippen LogP contribution in [0, 0.1) is 12.1 Å². The summed E-state index contributed by atoms with van der Waals surface area (Å²) in [6.07, 6.45) is 1.61. The zero-order chi connectivity index (χ0) is 21.8. The van der Waals surface area contributed by atoms with Gasteiger partial charge in [-0.05, 0) is 47.7 Å². The first kappa shape index (κ1) is 20.1. The Morgan fingerprint density at radius 3 is 2.65 bits per heavy atom. The summed E-state index contributed by atoms with van der Waals surface area (Å²) in [5, 5.41) is 15.2. The van der Waals surface area contributed by atoms with Crippen molar-refractivity contribution in [3.05, 3.63) is 81.9 Å². The summed E-state index contributed by atoms with van der Waals surface area (Å²) in [7, 11) is 0. The van der Waals surface area contributed by atoms with E-state index in [0.717, 1.165) is 5.56 Å². The lowest BCUT2D eigenvalue weighted by Gasteiger charge is -2.12. The van der Waals surface area contributed by atoms with E-state index in [-0.39, 0.29) is 23.9 Å². The van der Waals surface area contributed by atoms with Crippen LogP contribution in [0.1, 0.15) is 29.4 Å². The number of aliphatic imine (C=N–C) groups is 1. The maximum atomic E-state index is 12.2. The van der Waals surface area contributed by atoms with Crippen molar-refractivity contribution in [3.63, 3.8) is 0 Å². The van der Waals surface area contributed by atoms with Crippen molar-refractivity contribution in [1.29, 1.82) is 0 Å². The highest BCUT2D eigenvalue weighted by molar-refractivity contribution is 6.12. The Kier molecular flexibility index (Phi) is 5.65. The van der Waals surface area contributed by atoms with E-state index in [2.05, 4.69) is 14.8 Å². The lowest BCUT2D eigenvalue weighted by molar-refractivity contribution is -0.808. The topological polar surface area (TPSA) is 110 Å². The zero-order valence-electron chi connectivity index (χ0n) is 16.9. The quantitative estimate of drug-likeness (QED) is 0.328. The number of hydrogen-bond donors (Lipinski definition) is 0. The fourth-order valence-electron chi connectivity index (χ4n) is 2.91. The van der Waals surface area contributed by atoms with E-state index in [1.807, 2.05) is 37.3 Å². The van der Waals surface area contributed by atoms with Gasteiger partial charge in [-0.2, -0.15) is 0 Å². The number of carbonyl (C=O) groups is 1. The predicted molar refractivity (Wildman–Crippen MR) is 109 cm³/mol. The molecule has 9 nitrogen and oxygen atoms in total. The molecule has 31 heavy (non-hydrogen) atoms. The van der Waals surface area contributed by atoms with Gasteiger partial charge in [0.15, 0.2) is 23.8 Å². The second-order valence-corrected chi connectivity index (χ2v) is 6.59. The van der Waals surface area contributed by atoms with Crippen molar-refractivity contribution in [2.75, 3.05) is 6.61 Å². The van der Waals surface area contributed by atoms with Gasteiger partial charge in [0, 0.05) is 17.6 Å². The first-order valence-electron chi connectivity index (χ1n) is 9.58. The largest absolute Gasteiger partial charge is 0.490 e. The average molecular weight is 421 g/mol. The van der Waals surface area contributed by atoms with E-state index in [9.17, 15) is 10.0 Å². The number of ether oxygens (including phenoxy) is 3. The number of benzene rings is 2. The molecule has 3 aromatic rings. The lowest BCUT2D eigenvalue weighted by Crippen LogP contribution is -2.29. The minimum atomic E-state index is -0.528. The van der Waals surface area contributed by atoms with Gasteiger partial charge in [0.2, 0.25) is 17.3 Å². The van der Waals surface area contributed by atoms with Crippen molar-refractivity contribution in [2.45, 2.75) is 20.5 Å². The molecule has 0 amide bonds. The summed E-state index contributed by atoms with van der Waals surface area (Å²) in [4.78, 5) is 16.8. The van der Waals surface area contributed by atoms with Gasteiger partial charge >= 0.3 is 5.97 Å². The summed E-state index contributed by atoms with van der Waals surface area (Å²) >= 11 is 0. The number of rotatable bonds is 7. The SMILES string of the molecule is CCOc1cc(/C=C2\N=C(c3ccccc3)OC2=O)ccc1OCc1c(C)no[n+]1[O-]. The molecule has 9 heteroatoms. The van der Waals surface area contributed by atoms with Crippen LogP contribution in [0.3, 0.4) is 0 Å². The fraction of sp³-hybridized carbons (Fsp3) is 0.182. The minimum Gasteiger partial charge on any atom is -0.490 e. The van der Waals surface area contributed by atoms with Gasteiger partial charge in [-0.15, -0.1) is 0 Å². The van der Waals surface area contributed by atoms with Crippen molar-refractivity contribution < 1.29 is 28.5 Å². The standard InChI is InChI=1S/C22H19N3O6/c1-3-28-20-12-15(9-10-19(20)29-13-18-14(2)24-31-25(18)27)11-17-22(26)30-21(23-17)16-7-5-4-6-8-16/h4-12H,3,13H2,1-2H3/b17-11-. The molecule has 0 spiro atoms. The zero-order valence-corrected chi connectivity index (χ0v) is 16.9. The monoisotopic (exact) mass is 421 g/mol. The Morgan fingerprint density at radius 2 is 1.94 bits per heavy atom. The molecule has 158 valence electrons. The number of aryl methyl sites for hydroxylation is 1. The van der Waals surface area contributed by atoms with Crippen LogP contribution < -0.4 is 14.4 Å². The van der Waals surface area contributed by atoms with Crippen LogP contribution in [0.2, 0.25) is 0 Å². The number of cyclic esters (lactones) is 1. The van der Waals surface area contributed by atoms with Gasteiger partial charge in [-0.3, -0.25) is 4.63 Å². The molecule has 0 bridgehead atoms. The minimum absolute atomic E-state index is 0.0314. The van der Waals surface area contributed by atoms with E-state index in [0.29, 0.717) is 34.3 Å². The Balaban J connectivity index is 1.57. The van der Waals surface area contributed by atoms with E-state index in [4.69, 9.17) is 14.2 Å². The summed E-state index contributed by atoms with van der Waals surface area (Å²) in [5.74, 6) is 0.631. The van der Waals surface area contributed by atoms with Crippen LogP contribution >= 0.6 is 0 Å². The molecule has 1 aliphatic heterocycles. The van der Waals surface area contributed by atoms with Crippen LogP contribution in [0.25, 0.3) is 6.08 Å². The third kappa shape index (κ3) is 4.40. The van der Waals surface area contributed by atoms with E-state index in [1.165, 1.54) is 0 Å². The summed E-state index contributed by atoms with van der Waals surface area (Å²) < 4.78 is 21.2. The Labute approximate surface area is 177 Å². The van der Waals surface area contributed by atoms with Crippen molar-refractivity contribution in [2.24, 2.45) is 4.99 Å². The number of carbonyl (C=O) groups excluding carboxylic acids is 1. The van der Waals surface area contributed by atoms with Crippen LogP contribution in [-0.2, 0) is 16.1 Å². The molecule has 0 N–H and O–H groups in total. The molecule has 0 atom stereocenters. The van der Waals surface area contributed by atoms with Gasteiger partial charge in [0.1, 0.15) is 0 Å². The third-order valence-corrected chi connectivity index (χ3v) is 4.47. The van der Waals surface area contributed by atoms with E-state index in [1.54, 1.807) is 31.2 Å². The molecule has 0 saturated carbocycles. The van der Waals surface area contributed by atoms with Crippen LogP contribution in [0.4, 0.5) is 0 Å². The second-order valence-electron chi connectivity index (χ2n) is 6.59. The molecule has 0 fully saturated rings. The van der Waals surface area contributed by atoms with Crippen LogP contribution in [-0.4, -0.2) is 23.6 Å². The number of esters is 1. The smallest absolute Gasteiger partial charge is 0.363 e. The van der Waals surface area contributed by atoms with E-state index >= 15 is 0 Å². The highest BCUT2D eigenvalue weighted by Gasteiger charge is 2.24. The van der Waals surface area contributed by atoms with Gasteiger partial charge < -0.3 is 19.4 Å². The molecule has 0 radical (unpaired) electrons. The highest BCUT2D eigenvalue weighted by atomic mass is 16.8. The molecule has 1 aromatic heterocycles. The third-order valence-electron chi connectivity index (χ3n) is 4.47. The molecular formula is C22H19N3O6. The fourth-order valence-corrected chi connectivity index (χ4v) is 2.91. The maximum absolute atomic E-state index is 12.2. The first-order valence-corrected chi connectivity index (χ1v) is 9.58. The summed E-state index contributed by atoms with van der Waals surface area (Å²) in [6, 6.07) is 14.4. The molecule has 0 saturated heterocycles. The normalized spacial score (nSPS) is 14.5. The second kappa shape index (κ2) is 8.70. The molecule has 1 aliphatic rings. The highest BCUT2D eigenvalue weighted by Crippen LogP contribution is 2.31.